The maximum absolute atomic E-state index is 12.8. The molecule has 34 heavy (non-hydrogen) atoms. The predicted octanol–water partition coefficient (Wildman–Crippen LogP) is 4.40. The van der Waals surface area contributed by atoms with Crippen molar-refractivity contribution in [3.8, 4) is 0 Å². The Balaban J connectivity index is 1.18. The zero-order chi connectivity index (χ0) is 23.5. The molecular formula is C29H31N3O2. The van der Waals surface area contributed by atoms with Crippen molar-refractivity contribution in [3.63, 3.8) is 0 Å². The Morgan fingerprint density at radius 3 is 2.32 bits per heavy atom. The third kappa shape index (κ3) is 4.69. The number of fused-ring (bicyclic) bond motifs is 2. The Bertz CT molecular complexity index is 1190. The van der Waals surface area contributed by atoms with Gasteiger partial charge in [0.05, 0.1) is 12.5 Å². The molecule has 2 aliphatic heterocycles. The number of nitrogens with one attached hydrogen (secondary N) is 1. The number of hydrogen-bond acceptors (Lipinski definition) is 3. The molecule has 2 amide bonds. The van der Waals surface area contributed by atoms with Crippen LogP contribution in [0.15, 0.2) is 72.8 Å². The summed E-state index contributed by atoms with van der Waals surface area (Å²) >= 11 is 0. The highest BCUT2D eigenvalue weighted by atomic mass is 16.2. The number of para-hydroxylation sites is 1. The minimum absolute atomic E-state index is 0.0171. The monoisotopic (exact) mass is 453 g/mol. The molecule has 0 aliphatic carbocycles. The van der Waals surface area contributed by atoms with Crippen LogP contribution in [-0.2, 0) is 35.5 Å². The fraction of sp³-hybridized carbons (Fsp3) is 0.310. The number of rotatable bonds is 6. The van der Waals surface area contributed by atoms with E-state index < -0.39 is 0 Å². The molecule has 5 rings (SSSR count). The van der Waals surface area contributed by atoms with Crippen molar-refractivity contribution in [2.24, 2.45) is 0 Å². The number of benzene rings is 3. The summed E-state index contributed by atoms with van der Waals surface area (Å²) in [5.41, 5.74) is 7.42. The van der Waals surface area contributed by atoms with Crippen LogP contribution in [0.3, 0.4) is 0 Å². The quantitative estimate of drug-likeness (QED) is 0.602. The summed E-state index contributed by atoms with van der Waals surface area (Å²) in [5, 5.41) is 3.05. The molecule has 0 spiro atoms. The lowest BCUT2D eigenvalue weighted by atomic mass is 9.90. The van der Waals surface area contributed by atoms with Crippen LogP contribution in [0.1, 0.15) is 47.2 Å². The van der Waals surface area contributed by atoms with Gasteiger partial charge in [-0.05, 0) is 46.7 Å². The van der Waals surface area contributed by atoms with Gasteiger partial charge in [-0.15, -0.1) is 0 Å². The Morgan fingerprint density at radius 2 is 1.53 bits per heavy atom. The third-order valence-corrected chi connectivity index (χ3v) is 7.07. The van der Waals surface area contributed by atoms with E-state index in [1.54, 1.807) is 6.92 Å². The topological polar surface area (TPSA) is 52.7 Å². The van der Waals surface area contributed by atoms with Crippen molar-refractivity contribution < 1.29 is 9.59 Å². The van der Waals surface area contributed by atoms with Crippen LogP contribution < -0.4 is 10.2 Å². The first kappa shape index (κ1) is 22.2. The maximum atomic E-state index is 12.8. The Kier molecular flexibility index (Phi) is 6.35. The summed E-state index contributed by atoms with van der Waals surface area (Å²) in [6.45, 7) is 4.68. The second-order valence-electron chi connectivity index (χ2n) is 9.27. The molecule has 3 aromatic carbocycles. The van der Waals surface area contributed by atoms with Gasteiger partial charge in [0, 0.05) is 38.8 Å². The van der Waals surface area contributed by atoms with Gasteiger partial charge < -0.3 is 15.1 Å². The summed E-state index contributed by atoms with van der Waals surface area (Å²) in [4.78, 5) is 29.3. The van der Waals surface area contributed by atoms with E-state index in [1.165, 1.54) is 22.4 Å². The van der Waals surface area contributed by atoms with Crippen LogP contribution in [0.2, 0.25) is 0 Å². The van der Waals surface area contributed by atoms with E-state index in [-0.39, 0.29) is 24.3 Å². The van der Waals surface area contributed by atoms with Gasteiger partial charge in [-0.2, -0.15) is 0 Å². The van der Waals surface area contributed by atoms with Crippen LogP contribution >= 0.6 is 0 Å². The molecule has 0 radical (unpaired) electrons. The summed E-state index contributed by atoms with van der Waals surface area (Å²) in [6, 6.07) is 25.0. The van der Waals surface area contributed by atoms with E-state index in [0.29, 0.717) is 13.1 Å². The lowest BCUT2D eigenvalue weighted by Crippen LogP contribution is -2.41. The van der Waals surface area contributed by atoms with Crippen LogP contribution in [0.5, 0.6) is 0 Å². The van der Waals surface area contributed by atoms with E-state index >= 15 is 0 Å². The molecule has 5 heteroatoms. The Labute approximate surface area is 201 Å². The minimum Gasteiger partial charge on any atom is -0.367 e. The largest absolute Gasteiger partial charge is 0.367 e. The Hall–Kier alpha value is -3.60. The average Bonchev–Trinajstić information content (AvgIpc) is 3.26. The van der Waals surface area contributed by atoms with Crippen LogP contribution in [-0.4, -0.2) is 29.8 Å². The van der Waals surface area contributed by atoms with E-state index in [2.05, 4.69) is 64.8 Å². The maximum Gasteiger partial charge on any atom is 0.222 e. The molecule has 5 nitrogen and oxygen atoms in total. The lowest BCUT2D eigenvalue weighted by Gasteiger charge is -2.36. The van der Waals surface area contributed by atoms with Gasteiger partial charge in [-0.1, -0.05) is 66.7 Å². The highest BCUT2D eigenvalue weighted by molar-refractivity contribution is 5.79. The summed E-state index contributed by atoms with van der Waals surface area (Å²) in [6.07, 6.45) is 2.22. The number of anilines is 1. The summed E-state index contributed by atoms with van der Waals surface area (Å²) < 4.78 is 0. The van der Waals surface area contributed by atoms with Crippen molar-refractivity contribution in [3.05, 3.63) is 101 Å². The normalized spacial score (nSPS) is 16.7. The van der Waals surface area contributed by atoms with E-state index in [1.807, 2.05) is 23.1 Å². The molecule has 3 aromatic rings. The van der Waals surface area contributed by atoms with E-state index in [9.17, 15) is 9.59 Å². The van der Waals surface area contributed by atoms with Crippen LogP contribution in [0, 0.1) is 0 Å². The summed E-state index contributed by atoms with van der Waals surface area (Å²) in [7, 11) is 0. The molecule has 2 aliphatic rings. The number of nitrogens with zero attached hydrogens (tertiary/aromatic N) is 2. The van der Waals surface area contributed by atoms with E-state index in [4.69, 9.17) is 0 Å². The van der Waals surface area contributed by atoms with Gasteiger partial charge in [0.15, 0.2) is 0 Å². The zero-order valence-corrected chi connectivity index (χ0v) is 19.7. The standard InChI is InChI=1S/C29H31N3O2/c1-21(33)32-17-15-24-6-2-4-8-26(24)28(32)18-29(34)30-19-22-10-12-23(13-11-22)20-31-16-14-25-7-3-5-9-27(25)31/h2-13,28H,14-20H2,1H3,(H,30,34). The van der Waals surface area contributed by atoms with Crippen molar-refractivity contribution >= 4 is 17.5 Å². The third-order valence-electron chi connectivity index (χ3n) is 7.07. The predicted molar refractivity (Wildman–Crippen MR) is 134 cm³/mol. The van der Waals surface area contributed by atoms with E-state index in [0.717, 1.165) is 37.1 Å². The van der Waals surface area contributed by atoms with Crippen molar-refractivity contribution in [2.45, 2.75) is 45.3 Å². The second kappa shape index (κ2) is 9.72. The molecule has 1 atom stereocenters. The van der Waals surface area contributed by atoms with Gasteiger partial charge in [0.1, 0.15) is 0 Å². The molecule has 0 bridgehead atoms. The highest BCUT2D eigenvalue weighted by Crippen LogP contribution is 2.32. The van der Waals surface area contributed by atoms with Gasteiger partial charge >= 0.3 is 0 Å². The summed E-state index contributed by atoms with van der Waals surface area (Å²) in [5.74, 6) is -0.0192. The average molecular weight is 454 g/mol. The van der Waals surface area contributed by atoms with Crippen molar-refractivity contribution in [1.29, 1.82) is 0 Å². The molecule has 0 fully saturated rings. The van der Waals surface area contributed by atoms with Gasteiger partial charge in [0.2, 0.25) is 11.8 Å². The molecule has 174 valence electrons. The van der Waals surface area contributed by atoms with Crippen LogP contribution in [0.25, 0.3) is 0 Å². The first-order valence-electron chi connectivity index (χ1n) is 12.1. The number of hydrogen-bond donors (Lipinski definition) is 1. The van der Waals surface area contributed by atoms with Crippen molar-refractivity contribution in [2.75, 3.05) is 18.0 Å². The lowest BCUT2D eigenvalue weighted by molar-refractivity contribution is -0.133. The molecular weight excluding hydrogens is 422 g/mol. The SMILES string of the molecule is CC(=O)N1CCc2ccccc2C1CC(=O)NCc1ccc(CN2CCc3ccccc32)cc1. The molecule has 0 saturated carbocycles. The van der Waals surface area contributed by atoms with Gasteiger partial charge in [-0.3, -0.25) is 9.59 Å². The molecule has 0 aromatic heterocycles. The molecule has 2 heterocycles. The van der Waals surface area contributed by atoms with Crippen molar-refractivity contribution in [1.82, 2.24) is 10.2 Å². The highest BCUT2D eigenvalue weighted by Gasteiger charge is 2.30. The molecule has 1 unspecified atom stereocenters. The number of amides is 2. The molecule has 0 saturated heterocycles. The first-order chi connectivity index (χ1) is 16.6. The Morgan fingerprint density at radius 1 is 0.853 bits per heavy atom. The van der Waals surface area contributed by atoms with Crippen LogP contribution in [0.4, 0.5) is 5.69 Å². The fourth-order valence-corrected chi connectivity index (χ4v) is 5.25. The molecule has 1 N–H and O–H groups in total. The van der Waals surface area contributed by atoms with Gasteiger partial charge in [-0.25, -0.2) is 0 Å². The number of carbonyl (C=O) groups excluding carboxylic acids is 2. The zero-order valence-electron chi connectivity index (χ0n) is 19.7. The smallest absolute Gasteiger partial charge is 0.222 e. The van der Waals surface area contributed by atoms with Gasteiger partial charge in [0.25, 0.3) is 0 Å². The fourth-order valence-electron chi connectivity index (χ4n) is 5.25. The first-order valence-corrected chi connectivity index (χ1v) is 12.1. The minimum atomic E-state index is -0.201. The number of carbonyl (C=O) groups is 2. The second-order valence-corrected chi connectivity index (χ2v) is 9.27.